The molecule has 0 amide bonds. The van der Waals surface area contributed by atoms with Crippen LogP contribution in [-0.2, 0) is 5.75 Å². The van der Waals surface area contributed by atoms with Crippen LogP contribution in [0.25, 0.3) is 6.08 Å². The maximum absolute atomic E-state index is 13.6. The Bertz CT molecular complexity index is 802. The molecule has 1 N–H and O–H groups in total. The maximum Gasteiger partial charge on any atom is 0.210 e. The number of hydrogen-bond donors (Lipinski definition) is 1. The second-order valence-corrected chi connectivity index (χ2v) is 5.98. The molecule has 0 aliphatic rings. The average Bonchev–Trinajstić information content (AvgIpc) is 3.06. The van der Waals surface area contributed by atoms with Crippen molar-refractivity contribution in [3.63, 3.8) is 0 Å². The molecule has 3 rings (SSSR count). The summed E-state index contributed by atoms with van der Waals surface area (Å²) in [4.78, 5) is 0. The van der Waals surface area contributed by atoms with Gasteiger partial charge in [0, 0.05) is 12.3 Å². The Hall–Kier alpha value is -2.60. The second-order valence-electron chi connectivity index (χ2n) is 5.04. The van der Waals surface area contributed by atoms with E-state index >= 15 is 0 Å². The van der Waals surface area contributed by atoms with E-state index in [9.17, 15) is 4.39 Å². The summed E-state index contributed by atoms with van der Waals surface area (Å²) in [6, 6.07) is 16.9. The lowest BCUT2D eigenvalue weighted by Crippen LogP contribution is -2.14. The Morgan fingerprint density at radius 3 is 2.71 bits per heavy atom. The summed E-state index contributed by atoms with van der Waals surface area (Å²) in [5.41, 5.74) is 5.01. The highest BCUT2D eigenvalue weighted by Gasteiger charge is 2.07. The van der Waals surface area contributed by atoms with Gasteiger partial charge < -0.3 is 5.43 Å². The Kier molecular flexibility index (Phi) is 5.63. The molecule has 6 heteroatoms. The quantitative estimate of drug-likeness (QED) is 0.661. The van der Waals surface area contributed by atoms with Crippen molar-refractivity contribution in [2.24, 2.45) is 0 Å². The topological polar surface area (TPSA) is 42.7 Å². The minimum absolute atomic E-state index is 0.199. The summed E-state index contributed by atoms with van der Waals surface area (Å²) in [6.45, 7) is 0.639. The van der Waals surface area contributed by atoms with Crippen molar-refractivity contribution in [1.82, 2.24) is 14.9 Å². The monoisotopic (exact) mass is 340 g/mol. The van der Waals surface area contributed by atoms with Crippen LogP contribution in [0.15, 0.2) is 72.2 Å². The normalized spacial score (nSPS) is 11.0. The van der Waals surface area contributed by atoms with Gasteiger partial charge >= 0.3 is 0 Å². The van der Waals surface area contributed by atoms with Crippen LogP contribution in [0.3, 0.4) is 0 Å². The van der Waals surface area contributed by atoms with Gasteiger partial charge in [-0.2, -0.15) is 0 Å². The third-order valence-corrected chi connectivity index (χ3v) is 4.31. The van der Waals surface area contributed by atoms with Gasteiger partial charge in [-0.25, -0.2) is 9.07 Å². The Morgan fingerprint density at radius 1 is 1.08 bits per heavy atom. The summed E-state index contributed by atoms with van der Waals surface area (Å²) >= 11 is 1.44. The third kappa shape index (κ3) is 4.45. The summed E-state index contributed by atoms with van der Waals surface area (Å²) < 4.78 is 15.4. The minimum Gasteiger partial charge on any atom is -0.319 e. The van der Waals surface area contributed by atoms with Gasteiger partial charge in [0.1, 0.15) is 12.1 Å². The molecule has 0 saturated carbocycles. The number of benzene rings is 2. The molecule has 0 bridgehead atoms. The van der Waals surface area contributed by atoms with Crippen molar-refractivity contribution >= 4 is 17.8 Å². The molecule has 0 spiro atoms. The Balaban J connectivity index is 1.54. The molecule has 1 heterocycles. The van der Waals surface area contributed by atoms with Crippen molar-refractivity contribution in [2.75, 3.05) is 12.0 Å². The van der Waals surface area contributed by atoms with E-state index in [1.807, 2.05) is 48.6 Å². The molecule has 0 aliphatic carbocycles. The summed E-state index contributed by atoms with van der Waals surface area (Å²) in [5.74, 6) is 0.308. The zero-order chi connectivity index (χ0) is 16.6. The number of rotatable bonds is 7. The lowest BCUT2D eigenvalue weighted by atomic mass is 10.2. The SMILES string of the molecule is Fc1ccccc1CSc1nncn1NC/C=C\c1ccccc1. The first-order chi connectivity index (χ1) is 11.8. The first-order valence-corrected chi connectivity index (χ1v) is 8.53. The van der Waals surface area contributed by atoms with Crippen LogP contribution in [0.2, 0.25) is 0 Å². The zero-order valence-electron chi connectivity index (χ0n) is 13.0. The van der Waals surface area contributed by atoms with Gasteiger partial charge in [0.15, 0.2) is 0 Å². The van der Waals surface area contributed by atoms with E-state index < -0.39 is 0 Å². The van der Waals surface area contributed by atoms with E-state index in [0.29, 0.717) is 23.0 Å². The van der Waals surface area contributed by atoms with Crippen LogP contribution in [-0.4, -0.2) is 21.4 Å². The standard InChI is InChI=1S/C18H17FN4S/c19-17-11-5-4-10-16(17)13-24-18-22-20-14-23(18)21-12-6-9-15-7-2-1-3-8-15/h1-11,14,21H,12-13H2/b9-6-. The highest BCUT2D eigenvalue weighted by molar-refractivity contribution is 7.98. The first-order valence-electron chi connectivity index (χ1n) is 7.54. The smallest absolute Gasteiger partial charge is 0.210 e. The van der Waals surface area contributed by atoms with Crippen LogP contribution in [0.4, 0.5) is 4.39 Å². The van der Waals surface area contributed by atoms with Crippen LogP contribution in [0.1, 0.15) is 11.1 Å². The zero-order valence-corrected chi connectivity index (χ0v) is 13.8. The molecule has 4 nitrogen and oxygen atoms in total. The molecule has 0 fully saturated rings. The Morgan fingerprint density at radius 2 is 1.88 bits per heavy atom. The molecule has 0 atom stereocenters. The largest absolute Gasteiger partial charge is 0.319 e. The molecule has 1 aromatic heterocycles. The van der Waals surface area contributed by atoms with E-state index in [1.165, 1.54) is 17.8 Å². The van der Waals surface area contributed by atoms with Gasteiger partial charge in [0.25, 0.3) is 0 Å². The maximum atomic E-state index is 13.6. The third-order valence-electron chi connectivity index (χ3n) is 3.32. The molecule has 2 aromatic carbocycles. The predicted octanol–water partition coefficient (Wildman–Crippen LogP) is 3.97. The summed E-state index contributed by atoms with van der Waals surface area (Å²) in [7, 11) is 0. The molecule has 0 unspecified atom stereocenters. The molecule has 0 saturated heterocycles. The number of hydrogen-bond acceptors (Lipinski definition) is 4. The van der Waals surface area contributed by atoms with Crippen LogP contribution in [0.5, 0.6) is 0 Å². The molecule has 24 heavy (non-hydrogen) atoms. The molecular weight excluding hydrogens is 323 g/mol. The van der Waals surface area contributed by atoms with E-state index in [1.54, 1.807) is 23.1 Å². The number of nitrogens with zero attached hydrogens (tertiary/aromatic N) is 3. The van der Waals surface area contributed by atoms with Crippen LogP contribution >= 0.6 is 11.8 Å². The lowest BCUT2D eigenvalue weighted by molar-refractivity contribution is 0.617. The first kappa shape index (κ1) is 16.3. The van der Waals surface area contributed by atoms with Gasteiger partial charge in [-0.1, -0.05) is 72.4 Å². The van der Waals surface area contributed by atoms with Gasteiger partial charge in [0.2, 0.25) is 5.16 Å². The fourth-order valence-corrected chi connectivity index (χ4v) is 2.97. The summed E-state index contributed by atoms with van der Waals surface area (Å²) in [5, 5.41) is 8.67. The van der Waals surface area contributed by atoms with Crippen molar-refractivity contribution < 1.29 is 4.39 Å². The lowest BCUT2D eigenvalue weighted by Gasteiger charge is -2.07. The van der Waals surface area contributed by atoms with E-state index in [2.05, 4.69) is 15.6 Å². The van der Waals surface area contributed by atoms with E-state index in [0.717, 1.165) is 5.56 Å². The predicted molar refractivity (Wildman–Crippen MR) is 95.7 cm³/mol. The molecule has 122 valence electrons. The highest BCUT2D eigenvalue weighted by atomic mass is 32.2. The number of nitrogens with one attached hydrogen (secondary N) is 1. The fraction of sp³-hybridized carbons (Fsp3) is 0.111. The van der Waals surface area contributed by atoms with Gasteiger partial charge in [0.05, 0.1) is 0 Å². The summed E-state index contributed by atoms with van der Waals surface area (Å²) in [6.07, 6.45) is 5.68. The van der Waals surface area contributed by atoms with Crippen molar-refractivity contribution in [2.45, 2.75) is 10.9 Å². The Labute approximate surface area is 144 Å². The van der Waals surface area contributed by atoms with Crippen molar-refractivity contribution in [1.29, 1.82) is 0 Å². The van der Waals surface area contributed by atoms with E-state index in [-0.39, 0.29) is 5.82 Å². The van der Waals surface area contributed by atoms with Crippen molar-refractivity contribution in [3.05, 3.63) is 83.9 Å². The number of aromatic nitrogens is 3. The van der Waals surface area contributed by atoms with Crippen molar-refractivity contribution in [3.8, 4) is 0 Å². The molecule has 0 radical (unpaired) electrons. The van der Waals surface area contributed by atoms with Gasteiger partial charge in [-0.15, -0.1) is 10.2 Å². The average molecular weight is 340 g/mol. The minimum atomic E-state index is -0.199. The van der Waals surface area contributed by atoms with Gasteiger partial charge in [-0.3, -0.25) is 0 Å². The highest BCUT2D eigenvalue weighted by Crippen LogP contribution is 2.21. The van der Waals surface area contributed by atoms with Crippen LogP contribution in [0, 0.1) is 5.82 Å². The number of halogens is 1. The number of thioether (sulfide) groups is 1. The van der Waals surface area contributed by atoms with E-state index in [4.69, 9.17) is 0 Å². The molecule has 3 aromatic rings. The molecule has 0 aliphatic heterocycles. The second kappa shape index (κ2) is 8.31. The van der Waals surface area contributed by atoms with Crippen LogP contribution < -0.4 is 5.43 Å². The molecular formula is C18H17FN4S. The fourth-order valence-electron chi connectivity index (χ4n) is 2.10. The van der Waals surface area contributed by atoms with Gasteiger partial charge in [-0.05, 0) is 17.2 Å².